The average Bonchev–Trinajstić information content (AvgIpc) is 3.67. The van der Waals surface area contributed by atoms with Crippen molar-refractivity contribution in [2.45, 2.75) is 23.9 Å². The SMILES string of the molecule is COc1ccc(OS(=O)(=O)C2CC3OC2C(c2ccc(-n4cncn4)cc2)=C3c2ccc(O)cc2)cc1. The minimum atomic E-state index is -4.02. The molecule has 1 saturated heterocycles. The van der Waals surface area contributed by atoms with Crippen LogP contribution >= 0.6 is 0 Å². The lowest BCUT2D eigenvalue weighted by Gasteiger charge is -2.25. The van der Waals surface area contributed by atoms with E-state index in [0.717, 1.165) is 28.0 Å². The van der Waals surface area contributed by atoms with Gasteiger partial charge in [-0.25, -0.2) is 9.67 Å². The summed E-state index contributed by atoms with van der Waals surface area (Å²) in [6.07, 6.45) is 2.19. The van der Waals surface area contributed by atoms with Crippen molar-refractivity contribution in [1.82, 2.24) is 14.8 Å². The molecular formula is C27H23N3O6S. The minimum absolute atomic E-state index is 0.153. The van der Waals surface area contributed by atoms with E-state index in [0.29, 0.717) is 5.75 Å². The van der Waals surface area contributed by atoms with Crippen LogP contribution in [0.25, 0.3) is 16.8 Å². The highest BCUT2D eigenvalue weighted by atomic mass is 32.2. The Morgan fingerprint density at radius 3 is 2.22 bits per heavy atom. The molecule has 1 N–H and O–H groups in total. The molecule has 188 valence electrons. The average molecular weight is 518 g/mol. The van der Waals surface area contributed by atoms with Gasteiger partial charge in [-0.3, -0.25) is 0 Å². The minimum Gasteiger partial charge on any atom is -0.508 e. The van der Waals surface area contributed by atoms with Crippen LogP contribution in [0.5, 0.6) is 17.2 Å². The number of aromatic hydroxyl groups is 1. The van der Waals surface area contributed by atoms with E-state index in [1.54, 1.807) is 47.4 Å². The fraction of sp³-hybridized carbons (Fsp3) is 0.185. The third kappa shape index (κ3) is 4.24. The molecule has 0 radical (unpaired) electrons. The zero-order valence-corrected chi connectivity index (χ0v) is 20.6. The van der Waals surface area contributed by atoms with Crippen molar-refractivity contribution in [1.29, 1.82) is 0 Å². The van der Waals surface area contributed by atoms with Gasteiger partial charge in [-0.15, -0.1) is 0 Å². The van der Waals surface area contributed by atoms with Gasteiger partial charge in [0.1, 0.15) is 41.3 Å². The molecule has 2 bridgehead atoms. The Hall–Kier alpha value is -4.15. The van der Waals surface area contributed by atoms with E-state index in [4.69, 9.17) is 13.7 Å². The van der Waals surface area contributed by atoms with Crippen LogP contribution in [-0.2, 0) is 14.9 Å². The fourth-order valence-electron chi connectivity index (χ4n) is 4.96. The lowest BCUT2D eigenvalue weighted by Crippen LogP contribution is -2.35. The van der Waals surface area contributed by atoms with Crippen molar-refractivity contribution in [2.24, 2.45) is 0 Å². The normalized spacial score (nSPS) is 20.8. The molecule has 9 nitrogen and oxygen atoms in total. The van der Waals surface area contributed by atoms with Gasteiger partial charge in [0, 0.05) is 6.42 Å². The number of hydrogen-bond donors (Lipinski definition) is 1. The maximum absolute atomic E-state index is 13.4. The van der Waals surface area contributed by atoms with Gasteiger partial charge < -0.3 is 18.8 Å². The second-order valence-electron chi connectivity index (χ2n) is 8.83. The van der Waals surface area contributed by atoms with Gasteiger partial charge in [-0.2, -0.15) is 13.5 Å². The molecule has 1 fully saturated rings. The van der Waals surface area contributed by atoms with Crippen LogP contribution in [-0.4, -0.2) is 52.9 Å². The predicted molar refractivity (Wildman–Crippen MR) is 136 cm³/mol. The highest BCUT2D eigenvalue weighted by Gasteiger charge is 2.53. The van der Waals surface area contributed by atoms with Gasteiger partial charge in [0.2, 0.25) is 0 Å². The van der Waals surface area contributed by atoms with Gasteiger partial charge in [-0.05, 0) is 70.8 Å². The Morgan fingerprint density at radius 2 is 1.57 bits per heavy atom. The Bertz CT molecular complexity index is 1550. The van der Waals surface area contributed by atoms with E-state index in [1.165, 1.54) is 13.4 Å². The number of rotatable bonds is 7. The highest BCUT2D eigenvalue weighted by Crippen LogP contribution is 2.51. The van der Waals surface area contributed by atoms with E-state index < -0.39 is 27.6 Å². The van der Waals surface area contributed by atoms with Gasteiger partial charge >= 0.3 is 10.1 Å². The van der Waals surface area contributed by atoms with Crippen molar-refractivity contribution in [3.63, 3.8) is 0 Å². The number of methoxy groups -OCH3 is 1. The molecule has 3 aromatic carbocycles. The number of benzene rings is 3. The number of fused-ring (bicyclic) bond motifs is 2. The molecule has 0 saturated carbocycles. The third-order valence-corrected chi connectivity index (χ3v) is 8.28. The van der Waals surface area contributed by atoms with Crippen LogP contribution in [0.2, 0.25) is 0 Å². The summed E-state index contributed by atoms with van der Waals surface area (Å²) in [6.45, 7) is 0. The van der Waals surface area contributed by atoms with E-state index in [1.807, 2.05) is 36.4 Å². The summed E-state index contributed by atoms with van der Waals surface area (Å²) >= 11 is 0. The molecule has 10 heteroatoms. The summed E-state index contributed by atoms with van der Waals surface area (Å²) in [5.74, 6) is 0.969. The number of nitrogens with zero attached hydrogens (tertiary/aromatic N) is 3. The fourth-order valence-corrected chi connectivity index (χ4v) is 6.37. The van der Waals surface area contributed by atoms with Gasteiger partial charge in [0.25, 0.3) is 0 Å². The summed E-state index contributed by atoms with van der Waals surface area (Å²) < 4.78 is 45.4. The zero-order valence-electron chi connectivity index (χ0n) is 19.8. The molecule has 0 aliphatic carbocycles. The quantitative estimate of drug-likeness (QED) is 0.368. The number of aromatic nitrogens is 3. The topological polar surface area (TPSA) is 113 Å². The summed E-state index contributed by atoms with van der Waals surface area (Å²) in [4.78, 5) is 3.98. The maximum atomic E-state index is 13.4. The Labute approximate surface area is 213 Å². The van der Waals surface area contributed by atoms with Gasteiger partial charge in [0.15, 0.2) is 0 Å². The van der Waals surface area contributed by atoms with Crippen molar-refractivity contribution in [3.05, 3.63) is 96.6 Å². The van der Waals surface area contributed by atoms with E-state index in [-0.39, 0.29) is 17.9 Å². The number of hydrogen-bond acceptors (Lipinski definition) is 8. The second-order valence-corrected chi connectivity index (χ2v) is 10.6. The van der Waals surface area contributed by atoms with E-state index in [9.17, 15) is 13.5 Å². The molecule has 6 rings (SSSR count). The summed E-state index contributed by atoms with van der Waals surface area (Å²) in [6, 6.07) is 20.9. The van der Waals surface area contributed by atoms with Crippen molar-refractivity contribution < 1.29 is 27.2 Å². The molecule has 3 atom stereocenters. The Morgan fingerprint density at radius 1 is 0.919 bits per heavy atom. The van der Waals surface area contributed by atoms with Gasteiger partial charge in [0.05, 0.1) is 18.9 Å². The number of ether oxygens (including phenoxy) is 2. The van der Waals surface area contributed by atoms with Crippen molar-refractivity contribution in [2.75, 3.05) is 7.11 Å². The molecule has 2 aliphatic rings. The summed E-state index contributed by atoms with van der Waals surface area (Å²) in [7, 11) is -2.48. The monoisotopic (exact) mass is 517 g/mol. The zero-order chi connectivity index (χ0) is 25.6. The van der Waals surface area contributed by atoms with Crippen molar-refractivity contribution >= 4 is 21.3 Å². The van der Waals surface area contributed by atoms with Gasteiger partial charge in [-0.1, -0.05) is 24.3 Å². The molecule has 2 aliphatic heterocycles. The van der Waals surface area contributed by atoms with Crippen LogP contribution in [0.15, 0.2) is 85.5 Å². The van der Waals surface area contributed by atoms with E-state index >= 15 is 0 Å². The first kappa shape index (κ1) is 23.3. The Kier molecular flexibility index (Phi) is 5.69. The maximum Gasteiger partial charge on any atom is 0.315 e. The molecule has 37 heavy (non-hydrogen) atoms. The van der Waals surface area contributed by atoms with Crippen LogP contribution in [0.4, 0.5) is 0 Å². The molecule has 4 aromatic rings. The first-order valence-electron chi connectivity index (χ1n) is 11.6. The van der Waals surface area contributed by atoms with E-state index in [2.05, 4.69) is 10.1 Å². The summed E-state index contributed by atoms with van der Waals surface area (Å²) in [5.41, 5.74) is 4.23. The van der Waals surface area contributed by atoms with Crippen LogP contribution in [0.3, 0.4) is 0 Å². The molecular weight excluding hydrogens is 494 g/mol. The Balaban J connectivity index is 1.38. The number of phenols is 1. The lowest BCUT2D eigenvalue weighted by molar-refractivity contribution is 0.128. The number of phenolic OH excluding ortho intramolecular Hbond substituents is 1. The molecule has 1 aromatic heterocycles. The van der Waals surface area contributed by atoms with Crippen molar-refractivity contribution in [3.8, 4) is 22.9 Å². The standard InChI is InChI=1S/C27H23N3O6S/c1-34-21-10-12-22(13-11-21)36-37(32,33)24-14-23-25(17-4-8-20(31)9-5-17)26(27(24)35-23)18-2-6-19(7-3-18)30-16-28-15-29-30/h2-13,15-16,23-24,27,31H,14H2,1H3. The molecule has 0 amide bonds. The highest BCUT2D eigenvalue weighted by molar-refractivity contribution is 7.87. The first-order valence-corrected chi connectivity index (χ1v) is 13.1. The molecule has 3 unspecified atom stereocenters. The van der Waals surface area contributed by atoms with Crippen LogP contribution in [0, 0.1) is 0 Å². The smallest absolute Gasteiger partial charge is 0.315 e. The third-order valence-electron chi connectivity index (χ3n) is 6.67. The van der Waals surface area contributed by atoms with Crippen LogP contribution < -0.4 is 8.92 Å². The molecule has 0 spiro atoms. The first-order chi connectivity index (χ1) is 17.9. The molecule has 3 heterocycles. The predicted octanol–water partition coefficient (Wildman–Crippen LogP) is 3.84. The second kappa shape index (κ2) is 9.06. The van der Waals surface area contributed by atoms with Crippen LogP contribution in [0.1, 0.15) is 17.5 Å². The summed E-state index contributed by atoms with van der Waals surface area (Å²) in [5, 5.41) is 13.1. The largest absolute Gasteiger partial charge is 0.508 e. The lowest BCUT2D eigenvalue weighted by atomic mass is 9.83.